The summed E-state index contributed by atoms with van der Waals surface area (Å²) in [6, 6.07) is 8.55. The number of ether oxygens (including phenoxy) is 1. The molecule has 0 unspecified atom stereocenters. The number of para-hydroxylation sites is 2. The minimum Gasteiger partial charge on any atom is -0.455 e. The number of fused-ring (bicyclic) bond motifs is 1. The SMILES string of the molecule is Cc1cc(C)nc(SCC(=O)OCC(=O)N2c3ccccc3NC(=O)C[C@@H]2C)n1. The van der Waals surface area contributed by atoms with Gasteiger partial charge in [-0.3, -0.25) is 14.4 Å². The quantitative estimate of drug-likeness (QED) is 0.456. The molecule has 9 heteroatoms. The number of hydrogen-bond donors (Lipinski definition) is 1. The molecule has 0 spiro atoms. The van der Waals surface area contributed by atoms with Crippen LogP contribution in [0.5, 0.6) is 0 Å². The predicted octanol–water partition coefficient (Wildman–Crippen LogP) is 2.49. The Hall–Kier alpha value is -2.94. The van der Waals surface area contributed by atoms with Gasteiger partial charge in [-0.2, -0.15) is 0 Å². The topological polar surface area (TPSA) is 101 Å². The molecule has 1 aliphatic rings. The number of esters is 1. The molecular weight excluding hydrogens is 392 g/mol. The second-order valence-corrected chi connectivity index (χ2v) is 7.71. The van der Waals surface area contributed by atoms with Gasteiger partial charge in [-0.05, 0) is 39.0 Å². The van der Waals surface area contributed by atoms with Gasteiger partial charge >= 0.3 is 5.97 Å². The molecule has 1 aromatic heterocycles. The van der Waals surface area contributed by atoms with Crippen molar-refractivity contribution < 1.29 is 19.1 Å². The lowest BCUT2D eigenvalue weighted by atomic mass is 10.1. The molecule has 2 amide bonds. The van der Waals surface area contributed by atoms with Crippen molar-refractivity contribution in [3.63, 3.8) is 0 Å². The van der Waals surface area contributed by atoms with Gasteiger partial charge in [0.2, 0.25) is 5.91 Å². The van der Waals surface area contributed by atoms with Gasteiger partial charge in [0.1, 0.15) is 0 Å². The highest BCUT2D eigenvalue weighted by Gasteiger charge is 2.30. The molecule has 3 rings (SSSR count). The monoisotopic (exact) mass is 414 g/mol. The molecule has 0 bridgehead atoms. The van der Waals surface area contributed by atoms with Gasteiger partial charge in [-0.15, -0.1) is 0 Å². The Kier molecular flexibility index (Phi) is 6.48. The number of aromatic nitrogens is 2. The zero-order valence-electron chi connectivity index (χ0n) is 16.5. The minimum atomic E-state index is -0.531. The van der Waals surface area contributed by atoms with Crippen molar-refractivity contribution in [3.05, 3.63) is 41.7 Å². The number of nitrogens with zero attached hydrogens (tertiary/aromatic N) is 3. The highest BCUT2D eigenvalue weighted by molar-refractivity contribution is 7.99. The number of anilines is 2. The maximum absolute atomic E-state index is 12.8. The Morgan fingerprint density at radius 2 is 1.93 bits per heavy atom. The predicted molar refractivity (Wildman–Crippen MR) is 110 cm³/mol. The summed E-state index contributed by atoms with van der Waals surface area (Å²) in [4.78, 5) is 46.9. The van der Waals surface area contributed by atoms with E-state index >= 15 is 0 Å². The smallest absolute Gasteiger partial charge is 0.316 e. The van der Waals surface area contributed by atoms with Gasteiger partial charge in [0.05, 0.1) is 17.1 Å². The van der Waals surface area contributed by atoms with Crippen LogP contribution >= 0.6 is 11.8 Å². The highest BCUT2D eigenvalue weighted by Crippen LogP contribution is 2.31. The summed E-state index contributed by atoms with van der Waals surface area (Å²) in [6.45, 7) is 5.10. The fourth-order valence-corrected chi connectivity index (χ4v) is 3.85. The Morgan fingerprint density at radius 1 is 1.24 bits per heavy atom. The first-order valence-corrected chi connectivity index (χ1v) is 10.1. The molecule has 1 atom stereocenters. The molecule has 1 N–H and O–H groups in total. The van der Waals surface area contributed by atoms with Crippen LogP contribution in [0.1, 0.15) is 24.7 Å². The van der Waals surface area contributed by atoms with Crippen molar-refractivity contribution >= 4 is 40.9 Å². The van der Waals surface area contributed by atoms with Gasteiger partial charge in [0.25, 0.3) is 5.91 Å². The van der Waals surface area contributed by atoms with Crippen molar-refractivity contribution in [1.29, 1.82) is 0 Å². The van der Waals surface area contributed by atoms with Crippen molar-refractivity contribution in [2.75, 3.05) is 22.6 Å². The van der Waals surface area contributed by atoms with Crippen LogP contribution in [0.3, 0.4) is 0 Å². The van der Waals surface area contributed by atoms with Crippen LogP contribution in [0, 0.1) is 13.8 Å². The third-order valence-electron chi connectivity index (χ3n) is 4.27. The minimum absolute atomic E-state index is 0.00234. The van der Waals surface area contributed by atoms with Crippen LogP contribution in [-0.2, 0) is 19.1 Å². The Bertz CT molecular complexity index is 930. The van der Waals surface area contributed by atoms with Gasteiger partial charge in [-0.25, -0.2) is 9.97 Å². The molecule has 0 radical (unpaired) electrons. The van der Waals surface area contributed by atoms with Crippen LogP contribution in [0.15, 0.2) is 35.5 Å². The van der Waals surface area contributed by atoms with E-state index in [0.29, 0.717) is 16.5 Å². The fraction of sp³-hybridized carbons (Fsp3) is 0.350. The number of benzene rings is 1. The first kappa shape index (κ1) is 20.8. The number of aryl methyl sites for hydroxylation is 2. The van der Waals surface area contributed by atoms with E-state index in [0.717, 1.165) is 23.1 Å². The third kappa shape index (κ3) is 5.32. The normalized spacial score (nSPS) is 15.9. The Morgan fingerprint density at radius 3 is 2.66 bits per heavy atom. The molecule has 8 nitrogen and oxygen atoms in total. The summed E-state index contributed by atoms with van der Waals surface area (Å²) in [5, 5.41) is 3.28. The highest BCUT2D eigenvalue weighted by atomic mass is 32.2. The molecular formula is C20H22N4O4S. The van der Waals surface area contributed by atoms with E-state index in [4.69, 9.17) is 4.74 Å². The average molecular weight is 414 g/mol. The number of carbonyl (C=O) groups excluding carboxylic acids is 3. The molecule has 0 saturated heterocycles. The number of rotatable bonds is 5. The van der Waals surface area contributed by atoms with E-state index in [1.165, 1.54) is 4.90 Å². The van der Waals surface area contributed by atoms with Crippen molar-refractivity contribution in [3.8, 4) is 0 Å². The number of amides is 2. The summed E-state index contributed by atoms with van der Waals surface area (Å²) >= 11 is 1.16. The molecule has 0 saturated carbocycles. The van der Waals surface area contributed by atoms with Crippen molar-refractivity contribution in [2.45, 2.75) is 38.4 Å². The van der Waals surface area contributed by atoms with E-state index < -0.39 is 12.6 Å². The fourth-order valence-electron chi connectivity index (χ4n) is 3.10. The first-order valence-electron chi connectivity index (χ1n) is 9.15. The van der Waals surface area contributed by atoms with Gasteiger partial charge in [0.15, 0.2) is 11.8 Å². The molecule has 1 aromatic carbocycles. The summed E-state index contributed by atoms with van der Waals surface area (Å²) in [7, 11) is 0. The Balaban J connectivity index is 1.61. The van der Waals surface area contributed by atoms with Crippen LogP contribution in [0.4, 0.5) is 11.4 Å². The van der Waals surface area contributed by atoms with Crippen LogP contribution < -0.4 is 10.2 Å². The Labute approximate surface area is 173 Å². The van der Waals surface area contributed by atoms with Crippen LogP contribution in [0.2, 0.25) is 0 Å². The lowest BCUT2D eigenvalue weighted by molar-refractivity contribution is -0.145. The number of nitrogens with one attached hydrogen (secondary N) is 1. The number of carbonyl (C=O) groups is 3. The number of thioether (sulfide) groups is 1. The van der Waals surface area contributed by atoms with Crippen LogP contribution in [-0.4, -0.2) is 46.2 Å². The van der Waals surface area contributed by atoms with Crippen LogP contribution in [0.25, 0.3) is 0 Å². The third-order valence-corrected chi connectivity index (χ3v) is 5.09. The zero-order valence-corrected chi connectivity index (χ0v) is 17.3. The lowest BCUT2D eigenvalue weighted by Crippen LogP contribution is -2.41. The van der Waals surface area contributed by atoms with E-state index in [2.05, 4.69) is 15.3 Å². The second kappa shape index (κ2) is 9.04. The first-order chi connectivity index (χ1) is 13.8. The molecule has 0 aliphatic carbocycles. The zero-order chi connectivity index (χ0) is 21.0. The van der Waals surface area contributed by atoms with Gasteiger partial charge in [0, 0.05) is 23.9 Å². The van der Waals surface area contributed by atoms with E-state index in [-0.39, 0.29) is 30.0 Å². The maximum Gasteiger partial charge on any atom is 0.316 e. The summed E-state index contributed by atoms with van der Waals surface area (Å²) in [6.07, 6.45) is 0.161. The van der Waals surface area contributed by atoms with Gasteiger partial charge in [-0.1, -0.05) is 23.9 Å². The number of hydrogen-bond acceptors (Lipinski definition) is 7. The van der Waals surface area contributed by atoms with E-state index in [1.54, 1.807) is 31.2 Å². The summed E-state index contributed by atoms with van der Waals surface area (Å²) in [5.74, 6) is -1.08. The molecule has 2 aromatic rings. The standard InChI is InChI=1S/C20H22N4O4S/c1-12-8-13(2)22-20(21-12)29-11-19(27)28-10-18(26)24-14(3)9-17(25)23-15-6-4-5-7-16(15)24/h4-8,14H,9-11H2,1-3H3,(H,23,25)/t14-/m0/s1. The second-order valence-electron chi connectivity index (χ2n) is 6.76. The van der Waals surface area contributed by atoms with E-state index in [1.807, 2.05) is 19.9 Å². The average Bonchev–Trinajstić information content (AvgIpc) is 2.78. The summed E-state index contributed by atoms with van der Waals surface area (Å²) in [5.41, 5.74) is 2.79. The molecule has 0 fully saturated rings. The van der Waals surface area contributed by atoms with Gasteiger partial charge < -0.3 is 15.0 Å². The molecule has 152 valence electrons. The maximum atomic E-state index is 12.8. The molecule has 1 aliphatic heterocycles. The van der Waals surface area contributed by atoms with Crippen molar-refractivity contribution in [2.24, 2.45) is 0 Å². The largest absolute Gasteiger partial charge is 0.455 e. The van der Waals surface area contributed by atoms with Crippen molar-refractivity contribution in [1.82, 2.24) is 9.97 Å². The molecule has 2 heterocycles. The lowest BCUT2D eigenvalue weighted by Gasteiger charge is -2.27. The van der Waals surface area contributed by atoms with E-state index in [9.17, 15) is 14.4 Å². The summed E-state index contributed by atoms with van der Waals surface area (Å²) < 4.78 is 5.16. The molecule has 29 heavy (non-hydrogen) atoms.